The van der Waals surface area contributed by atoms with Gasteiger partial charge in [-0.05, 0) is 42.9 Å². The summed E-state index contributed by atoms with van der Waals surface area (Å²) in [6.07, 6.45) is 8.31. The molecular weight excluding hydrogens is 392 g/mol. The number of likely N-dealkylation sites (tertiary alicyclic amines) is 1. The molecule has 162 valence electrons. The number of piperidine rings is 1. The number of carbonyl (C=O) groups is 2. The fourth-order valence-electron chi connectivity index (χ4n) is 4.83. The number of ether oxygens (including phenoxy) is 1. The first-order valence-electron chi connectivity index (χ1n) is 11.2. The molecule has 7 nitrogen and oxygen atoms in total. The Morgan fingerprint density at radius 3 is 2.68 bits per heavy atom. The topological polar surface area (TPSA) is 84.4 Å². The zero-order chi connectivity index (χ0) is 21.3. The number of carbonyl (C=O) groups excluding carboxylic acids is 2. The molecule has 1 saturated heterocycles. The molecule has 31 heavy (non-hydrogen) atoms. The van der Waals surface area contributed by atoms with Crippen molar-refractivity contribution in [3.05, 3.63) is 53.9 Å². The van der Waals surface area contributed by atoms with Gasteiger partial charge in [0.1, 0.15) is 11.4 Å². The van der Waals surface area contributed by atoms with Crippen LogP contribution in [0.2, 0.25) is 0 Å². The van der Waals surface area contributed by atoms with E-state index in [1.807, 2.05) is 23.1 Å². The third-order valence-electron chi connectivity index (χ3n) is 6.81. The van der Waals surface area contributed by atoms with Crippen LogP contribution in [-0.2, 0) is 4.79 Å². The van der Waals surface area contributed by atoms with Gasteiger partial charge in [-0.1, -0.05) is 18.2 Å². The van der Waals surface area contributed by atoms with Crippen LogP contribution in [-0.4, -0.2) is 52.1 Å². The van der Waals surface area contributed by atoms with E-state index in [1.54, 1.807) is 12.3 Å². The second-order valence-corrected chi connectivity index (χ2v) is 9.10. The van der Waals surface area contributed by atoms with E-state index in [2.05, 4.69) is 21.6 Å². The normalized spacial score (nSPS) is 21.8. The molecule has 5 rings (SSSR count). The van der Waals surface area contributed by atoms with Crippen LogP contribution in [0.1, 0.15) is 60.4 Å². The van der Waals surface area contributed by atoms with Gasteiger partial charge in [0.25, 0.3) is 5.91 Å². The lowest BCUT2D eigenvalue weighted by molar-refractivity contribution is -0.122. The molecule has 1 atom stereocenters. The van der Waals surface area contributed by atoms with Crippen LogP contribution in [0.4, 0.5) is 0 Å². The van der Waals surface area contributed by atoms with E-state index in [1.165, 1.54) is 19.0 Å². The number of nitrogens with zero attached hydrogens (tertiary/aromatic N) is 3. The van der Waals surface area contributed by atoms with Crippen molar-refractivity contribution in [3.63, 3.8) is 0 Å². The molecule has 2 aliphatic heterocycles. The maximum Gasteiger partial charge on any atom is 0.255 e. The van der Waals surface area contributed by atoms with E-state index in [-0.39, 0.29) is 23.3 Å². The fraction of sp³-hybridized carbons (Fsp3) is 0.500. The number of nitrogens with one attached hydrogen (secondary N) is 1. The van der Waals surface area contributed by atoms with Gasteiger partial charge in [0.2, 0.25) is 5.91 Å². The molecule has 7 heteroatoms. The average molecular weight is 421 g/mol. The van der Waals surface area contributed by atoms with Gasteiger partial charge in [0.05, 0.1) is 18.0 Å². The van der Waals surface area contributed by atoms with Crippen molar-refractivity contribution < 1.29 is 14.3 Å². The van der Waals surface area contributed by atoms with Crippen molar-refractivity contribution >= 4 is 11.8 Å². The van der Waals surface area contributed by atoms with Crippen molar-refractivity contribution in [2.75, 3.05) is 19.6 Å². The predicted octanol–water partition coefficient (Wildman–Crippen LogP) is 2.93. The van der Waals surface area contributed by atoms with Crippen molar-refractivity contribution in [2.45, 2.75) is 50.0 Å². The molecule has 2 fully saturated rings. The van der Waals surface area contributed by atoms with E-state index in [0.29, 0.717) is 31.0 Å². The number of amides is 2. The van der Waals surface area contributed by atoms with Gasteiger partial charge in [-0.15, -0.1) is 0 Å². The molecule has 0 bridgehead atoms. The van der Waals surface area contributed by atoms with E-state index in [0.717, 1.165) is 37.1 Å². The molecule has 1 unspecified atom stereocenters. The van der Waals surface area contributed by atoms with E-state index in [4.69, 9.17) is 4.74 Å². The Kier molecular flexibility index (Phi) is 5.34. The summed E-state index contributed by atoms with van der Waals surface area (Å²) in [7, 11) is 0. The highest BCUT2D eigenvalue weighted by Crippen LogP contribution is 2.46. The Hall–Kier alpha value is -2.96. The first-order chi connectivity index (χ1) is 15.1. The fourth-order valence-corrected chi connectivity index (χ4v) is 4.83. The van der Waals surface area contributed by atoms with Gasteiger partial charge in [0, 0.05) is 44.8 Å². The summed E-state index contributed by atoms with van der Waals surface area (Å²) in [5, 5.41) is 10.7. The van der Waals surface area contributed by atoms with Crippen LogP contribution in [0.5, 0.6) is 5.75 Å². The lowest BCUT2D eigenvalue weighted by Crippen LogP contribution is -2.52. The predicted molar refractivity (Wildman–Crippen MR) is 115 cm³/mol. The van der Waals surface area contributed by atoms with Crippen molar-refractivity contribution in [1.29, 1.82) is 0 Å². The highest BCUT2D eigenvalue weighted by atomic mass is 16.5. The molecule has 1 aromatic heterocycles. The van der Waals surface area contributed by atoms with Crippen LogP contribution in [0.25, 0.3) is 0 Å². The summed E-state index contributed by atoms with van der Waals surface area (Å²) < 4.78 is 6.52. The summed E-state index contributed by atoms with van der Waals surface area (Å²) in [6, 6.07) is 9.78. The first kappa shape index (κ1) is 20.0. The number of fused-ring (bicyclic) bond motifs is 1. The van der Waals surface area contributed by atoms with Crippen LogP contribution in [0.3, 0.4) is 0 Å². The molecule has 2 aromatic rings. The molecule has 1 aliphatic carbocycles. The second-order valence-electron chi connectivity index (χ2n) is 9.10. The zero-order valence-corrected chi connectivity index (χ0v) is 17.6. The largest absolute Gasteiger partial charge is 0.487 e. The zero-order valence-electron chi connectivity index (χ0n) is 17.6. The molecule has 0 radical (unpaired) electrons. The Morgan fingerprint density at radius 2 is 1.94 bits per heavy atom. The highest BCUT2D eigenvalue weighted by molar-refractivity contribution is 5.93. The minimum Gasteiger partial charge on any atom is -0.487 e. The summed E-state index contributed by atoms with van der Waals surface area (Å²) in [4.78, 5) is 27.2. The van der Waals surface area contributed by atoms with Gasteiger partial charge in [-0.2, -0.15) is 10.2 Å². The van der Waals surface area contributed by atoms with Gasteiger partial charge in [-0.25, -0.2) is 0 Å². The quantitative estimate of drug-likeness (QED) is 0.804. The Bertz CT molecular complexity index is 952. The number of rotatable bonds is 5. The summed E-state index contributed by atoms with van der Waals surface area (Å²) in [6.45, 7) is 2.06. The van der Waals surface area contributed by atoms with Crippen molar-refractivity contribution in [2.24, 2.45) is 5.92 Å². The maximum absolute atomic E-state index is 12.8. The summed E-state index contributed by atoms with van der Waals surface area (Å²) in [5.41, 5.74) is 1.35. The van der Waals surface area contributed by atoms with Crippen LogP contribution < -0.4 is 10.1 Å². The number of hydrogen-bond acceptors (Lipinski definition) is 5. The molecule has 1 N–H and O–H groups in total. The molecule has 3 heterocycles. The summed E-state index contributed by atoms with van der Waals surface area (Å²) in [5.74, 6) is 1.80. The van der Waals surface area contributed by atoms with Gasteiger partial charge in [-0.3, -0.25) is 9.59 Å². The van der Waals surface area contributed by atoms with Crippen LogP contribution >= 0.6 is 0 Å². The van der Waals surface area contributed by atoms with Crippen LogP contribution in [0, 0.1) is 5.92 Å². The number of para-hydroxylation sites is 1. The minimum absolute atomic E-state index is 0.0167. The van der Waals surface area contributed by atoms with Crippen LogP contribution in [0.15, 0.2) is 42.7 Å². The Labute approximate surface area is 182 Å². The maximum atomic E-state index is 12.8. The van der Waals surface area contributed by atoms with Gasteiger partial charge in [0.15, 0.2) is 0 Å². The van der Waals surface area contributed by atoms with E-state index in [9.17, 15) is 9.59 Å². The van der Waals surface area contributed by atoms with E-state index < -0.39 is 0 Å². The number of aromatic nitrogens is 2. The lowest BCUT2D eigenvalue weighted by atomic mass is 9.76. The molecule has 1 saturated carbocycles. The first-order valence-corrected chi connectivity index (χ1v) is 11.2. The third kappa shape index (κ3) is 4.40. The SMILES string of the molecule is O=C(CC1CC2(CCN(C(=O)c3ccnnc3)CC2)Oc2ccccc21)NCC1CC1. The van der Waals surface area contributed by atoms with Gasteiger partial charge >= 0.3 is 0 Å². The lowest BCUT2D eigenvalue weighted by Gasteiger charge is -2.47. The smallest absolute Gasteiger partial charge is 0.255 e. The number of benzene rings is 1. The monoisotopic (exact) mass is 420 g/mol. The average Bonchev–Trinajstić information content (AvgIpc) is 3.63. The highest BCUT2D eigenvalue weighted by Gasteiger charge is 2.44. The molecule has 1 aromatic carbocycles. The second kappa shape index (κ2) is 8.29. The van der Waals surface area contributed by atoms with Crippen molar-refractivity contribution in [1.82, 2.24) is 20.4 Å². The molecule has 1 spiro atoms. The standard InChI is InChI=1S/C24H28N4O3/c29-22(25-15-17-5-6-17)13-19-14-24(31-21-4-2-1-3-20(19)21)8-11-28(12-9-24)23(30)18-7-10-26-27-16-18/h1-4,7,10,16-17,19H,5-6,8-9,11-15H2,(H,25,29). The molecule has 2 amide bonds. The summed E-state index contributed by atoms with van der Waals surface area (Å²) >= 11 is 0. The van der Waals surface area contributed by atoms with Gasteiger partial charge < -0.3 is 15.0 Å². The molecule has 3 aliphatic rings. The minimum atomic E-state index is -0.330. The third-order valence-corrected chi connectivity index (χ3v) is 6.81. The Morgan fingerprint density at radius 1 is 1.13 bits per heavy atom. The number of hydrogen-bond donors (Lipinski definition) is 1. The molecular formula is C24H28N4O3. The van der Waals surface area contributed by atoms with Crippen molar-refractivity contribution in [3.8, 4) is 5.75 Å². The Balaban J connectivity index is 1.27. The van der Waals surface area contributed by atoms with E-state index >= 15 is 0 Å².